The van der Waals surface area contributed by atoms with E-state index in [0.29, 0.717) is 18.7 Å². The zero-order chi connectivity index (χ0) is 20.1. The minimum absolute atomic E-state index is 0.235. The number of carbonyl (C=O) groups excluding carboxylic acids is 1. The van der Waals surface area contributed by atoms with Gasteiger partial charge in [0, 0.05) is 23.2 Å². The second-order valence-corrected chi connectivity index (χ2v) is 6.57. The van der Waals surface area contributed by atoms with Crippen molar-refractivity contribution < 1.29 is 14.7 Å². The molecule has 0 atom stereocenters. The van der Waals surface area contributed by atoms with E-state index in [1.807, 2.05) is 60.7 Å². The minimum Gasteiger partial charge on any atom is -0.445 e. The van der Waals surface area contributed by atoms with Gasteiger partial charge in [0.25, 0.3) is 0 Å². The number of nitrogens with one attached hydrogen (secondary N) is 1. The first kappa shape index (κ1) is 18.6. The Labute approximate surface area is 167 Å². The number of alkyl carbamates (subject to hydrolysis) is 1. The lowest BCUT2D eigenvalue weighted by Gasteiger charge is -2.19. The van der Waals surface area contributed by atoms with Crippen molar-refractivity contribution in [1.29, 1.82) is 0 Å². The van der Waals surface area contributed by atoms with Crippen molar-refractivity contribution in [3.05, 3.63) is 89.1 Å². The van der Waals surface area contributed by atoms with Crippen molar-refractivity contribution in [2.45, 2.75) is 13.0 Å². The first-order valence-electron chi connectivity index (χ1n) is 9.26. The van der Waals surface area contributed by atoms with Crippen LogP contribution in [-0.2, 0) is 11.3 Å². The van der Waals surface area contributed by atoms with E-state index in [1.165, 1.54) is 0 Å². The Bertz CT molecular complexity index is 1110. The number of nitrogens with zero attached hydrogens (tertiary/aromatic N) is 3. The molecule has 0 aromatic heterocycles. The Kier molecular flexibility index (Phi) is 5.49. The first-order valence-corrected chi connectivity index (χ1v) is 9.26. The lowest BCUT2D eigenvalue weighted by molar-refractivity contribution is 0.140. The number of anilines is 1. The molecular weight excluding hydrogens is 368 g/mol. The van der Waals surface area contributed by atoms with Crippen molar-refractivity contribution in [3.63, 3.8) is 0 Å². The lowest BCUT2D eigenvalue weighted by Crippen LogP contribution is -2.29. The third-order valence-corrected chi connectivity index (χ3v) is 4.64. The zero-order valence-corrected chi connectivity index (χ0v) is 15.7. The molecule has 2 aliphatic rings. The molecule has 0 saturated carbocycles. The number of hydrogen-bond donors (Lipinski definition) is 2. The zero-order valence-electron chi connectivity index (χ0n) is 15.7. The number of rotatable bonds is 5. The van der Waals surface area contributed by atoms with Crippen LogP contribution in [-0.4, -0.2) is 17.8 Å². The van der Waals surface area contributed by atoms with Crippen molar-refractivity contribution in [2.24, 2.45) is 10.2 Å². The molecule has 2 aromatic carbocycles. The molecule has 7 heteroatoms. The number of hydroxylamine groups is 1. The van der Waals surface area contributed by atoms with E-state index in [1.54, 1.807) is 12.4 Å². The average molecular weight is 388 g/mol. The quantitative estimate of drug-likeness (QED) is 0.825. The van der Waals surface area contributed by atoms with E-state index in [2.05, 4.69) is 15.5 Å². The summed E-state index contributed by atoms with van der Waals surface area (Å²) in [5.41, 5.74) is 3.36. The number of hydrogen-bond acceptors (Lipinski definition) is 6. The number of ether oxygens (including phenoxy) is 1. The molecule has 0 radical (unpaired) electrons. The van der Waals surface area contributed by atoms with Crippen molar-refractivity contribution in [3.8, 4) is 0 Å². The molecule has 0 aliphatic carbocycles. The van der Waals surface area contributed by atoms with E-state index in [0.717, 1.165) is 32.3 Å². The first-order chi connectivity index (χ1) is 14.2. The molecule has 0 saturated heterocycles. The van der Waals surface area contributed by atoms with Gasteiger partial charge in [-0.3, -0.25) is 5.21 Å². The summed E-state index contributed by atoms with van der Waals surface area (Å²) < 4.78 is 5.22. The highest BCUT2D eigenvalue weighted by Crippen LogP contribution is 2.16. The number of benzene rings is 2. The van der Waals surface area contributed by atoms with Crippen LogP contribution in [0.2, 0.25) is 0 Å². The minimum atomic E-state index is -0.455. The molecule has 4 rings (SSSR count). The normalized spacial score (nSPS) is 16.2. The summed E-state index contributed by atoms with van der Waals surface area (Å²) in [5.74, 6) is 0. The van der Waals surface area contributed by atoms with Crippen molar-refractivity contribution in [2.75, 3.05) is 11.6 Å². The fraction of sp³-hybridized carbons (Fsp3) is 0.136. The molecule has 0 unspecified atom stereocenters. The maximum atomic E-state index is 11.9. The van der Waals surface area contributed by atoms with Crippen LogP contribution >= 0.6 is 0 Å². The molecule has 2 N–H and O–H groups in total. The molecule has 7 nitrogen and oxygen atoms in total. The van der Waals surface area contributed by atoms with Gasteiger partial charge in [-0.15, -0.1) is 0 Å². The van der Waals surface area contributed by atoms with Crippen LogP contribution in [0, 0.1) is 0 Å². The third-order valence-electron chi connectivity index (χ3n) is 4.64. The van der Waals surface area contributed by atoms with Crippen LogP contribution in [0.4, 0.5) is 10.5 Å². The molecule has 146 valence electrons. The fourth-order valence-electron chi connectivity index (χ4n) is 3.16. The Morgan fingerprint density at radius 2 is 2.00 bits per heavy atom. The van der Waals surface area contributed by atoms with E-state index in [9.17, 15) is 10.0 Å². The van der Waals surface area contributed by atoms with Crippen LogP contribution in [0.3, 0.4) is 0 Å². The highest BCUT2D eigenvalue weighted by Gasteiger charge is 2.12. The molecule has 2 aliphatic heterocycles. The third kappa shape index (κ3) is 4.41. The smallest absolute Gasteiger partial charge is 0.407 e. The van der Waals surface area contributed by atoms with Crippen molar-refractivity contribution >= 4 is 23.1 Å². The Morgan fingerprint density at radius 3 is 2.79 bits per heavy atom. The summed E-state index contributed by atoms with van der Waals surface area (Å²) in [5, 5.41) is 23.7. The molecule has 0 fully saturated rings. The monoisotopic (exact) mass is 388 g/mol. The predicted molar refractivity (Wildman–Crippen MR) is 109 cm³/mol. The number of allylic oxidation sites excluding steroid dienone is 1. The second-order valence-electron chi connectivity index (χ2n) is 6.57. The standard InChI is InChI=1S/C22H20N4O3/c27-22(29-15-16-4-2-1-3-5-16)23-11-8-17-10-13-26(28)21-14-18(6-7-19(17)21)20-9-12-24-25-20/h1-7,9-10,12-14,28H,8,11,15H2,(H,23,27)/b20-18+. The van der Waals surface area contributed by atoms with Crippen LogP contribution in [0.5, 0.6) is 0 Å². The van der Waals surface area contributed by atoms with Gasteiger partial charge in [0.2, 0.25) is 0 Å². The number of amides is 1. The SMILES string of the molecule is O=C(NCCC1=c2cc/c(=C3/C=CN=N3)cc2N(O)C=C1)OCc1ccccc1. The van der Waals surface area contributed by atoms with Gasteiger partial charge < -0.3 is 10.1 Å². The maximum Gasteiger partial charge on any atom is 0.407 e. The van der Waals surface area contributed by atoms with Crippen LogP contribution < -0.4 is 20.8 Å². The summed E-state index contributed by atoms with van der Waals surface area (Å²) in [6.07, 6.45) is 7.02. The largest absolute Gasteiger partial charge is 0.445 e. The van der Waals surface area contributed by atoms with Gasteiger partial charge in [0.15, 0.2) is 0 Å². The summed E-state index contributed by atoms with van der Waals surface area (Å²) in [6, 6.07) is 15.3. The van der Waals surface area contributed by atoms with E-state index in [4.69, 9.17) is 4.74 Å². The van der Waals surface area contributed by atoms with Gasteiger partial charge in [0.1, 0.15) is 6.61 Å². The van der Waals surface area contributed by atoms with Gasteiger partial charge >= 0.3 is 6.09 Å². The fourth-order valence-corrected chi connectivity index (χ4v) is 3.16. The summed E-state index contributed by atoms with van der Waals surface area (Å²) in [7, 11) is 0. The number of fused-ring (bicyclic) bond motifs is 1. The van der Waals surface area contributed by atoms with Gasteiger partial charge in [-0.2, -0.15) is 10.2 Å². The molecule has 29 heavy (non-hydrogen) atoms. The number of azo groups is 1. The van der Waals surface area contributed by atoms with Gasteiger partial charge in [0.05, 0.1) is 17.6 Å². The summed E-state index contributed by atoms with van der Waals surface area (Å²) in [4.78, 5) is 11.9. The van der Waals surface area contributed by atoms with Crippen molar-refractivity contribution in [1.82, 2.24) is 5.32 Å². The van der Waals surface area contributed by atoms with E-state index < -0.39 is 6.09 Å². The number of carbonyl (C=O) groups is 1. The Balaban J connectivity index is 1.42. The Hall–Kier alpha value is -3.71. The highest BCUT2D eigenvalue weighted by atomic mass is 16.5. The molecular formula is C22H20N4O3. The van der Waals surface area contributed by atoms with Crippen LogP contribution in [0.1, 0.15) is 12.0 Å². The van der Waals surface area contributed by atoms with Crippen LogP contribution in [0.15, 0.2) is 83.3 Å². The topological polar surface area (TPSA) is 86.5 Å². The van der Waals surface area contributed by atoms with E-state index in [-0.39, 0.29) is 6.61 Å². The van der Waals surface area contributed by atoms with Gasteiger partial charge in [-0.25, -0.2) is 9.86 Å². The van der Waals surface area contributed by atoms with E-state index >= 15 is 0 Å². The average Bonchev–Trinajstić information content (AvgIpc) is 3.29. The molecule has 0 spiro atoms. The highest BCUT2D eigenvalue weighted by molar-refractivity contribution is 5.71. The maximum absolute atomic E-state index is 11.9. The molecule has 2 aromatic rings. The second kappa shape index (κ2) is 8.53. The van der Waals surface area contributed by atoms with Crippen LogP contribution in [0.25, 0.3) is 11.3 Å². The predicted octanol–water partition coefficient (Wildman–Crippen LogP) is 2.96. The molecule has 0 bridgehead atoms. The van der Waals surface area contributed by atoms with Gasteiger partial charge in [-0.1, -0.05) is 42.5 Å². The molecule has 1 amide bonds. The molecule has 2 heterocycles. The Morgan fingerprint density at radius 1 is 1.14 bits per heavy atom. The summed E-state index contributed by atoms with van der Waals surface area (Å²) >= 11 is 0. The summed E-state index contributed by atoms with van der Waals surface area (Å²) in [6.45, 7) is 0.660. The van der Waals surface area contributed by atoms with Gasteiger partial charge in [-0.05, 0) is 35.8 Å². The lowest BCUT2D eigenvalue weighted by atomic mass is 10.0.